The molecule has 0 aliphatic rings. The summed E-state index contributed by atoms with van der Waals surface area (Å²) >= 11 is 0. The van der Waals surface area contributed by atoms with Crippen molar-refractivity contribution in [1.29, 1.82) is 0 Å². The minimum absolute atomic E-state index is 0.0705. The number of rotatable bonds is 6. The molecule has 0 fully saturated rings. The van der Waals surface area contributed by atoms with E-state index < -0.39 is 9.76 Å². The van der Waals surface area contributed by atoms with Crippen LogP contribution < -0.4 is 0 Å². The number of carbonyl (C=O) groups excluding carboxylic acids is 1. The van der Waals surface area contributed by atoms with Crippen molar-refractivity contribution in [3.05, 3.63) is 0 Å². The van der Waals surface area contributed by atoms with Crippen LogP contribution in [-0.4, -0.2) is 28.9 Å². The van der Waals surface area contributed by atoms with E-state index in [9.17, 15) is 4.79 Å². The standard InChI is InChI=1S/C7H16O3Si/c1-3-9-6-4-5-7(8)10-11-2/h3-6,11H2,1-2H3. The van der Waals surface area contributed by atoms with Crippen LogP contribution in [0.2, 0.25) is 6.55 Å². The van der Waals surface area contributed by atoms with Crippen LogP contribution in [0.25, 0.3) is 0 Å². The molecule has 0 bridgehead atoms. The van der Waals surface area contributed by atoms with Crippen molar-refractivity contribution in [2.75, 3.05) is 13.2 Å². The van der Waals surface area contributed by atoms with Gasteiger partial charge < -0.3 is 9.16 Å². The van der Waals surface area contributed by atoms with Crippen LogP contribution in [0.15, 0.2) is 0 Å². The highest BCUT2D eigenvalue weighted by molar-refractivity contribution is 6.28. The van der Waals surface area contributed by atoms with Gasteiger partial charge in [0.2, 0.25) is 9.76 Å². The molecule has 0 amide bonds. The Hall–Kier alpha value is -0.353. The molecule has 0 saturated heterocycles. The van der Waals surface area contributed by atoms with Gasteiger partial charge in [0, 0.05) is 19.6 Å². The molecule has 0 aromatic carbocycles. The topological polar surface area (TPSA) is 35.5 Å². The van der Waals surface area contributed by atoms with Gasteiger partial charge in [0.25, 0.3) is 5.97 Å². The highest BCUT2D eigenvalue weighted by Gasteiger charge is 1.99. The van der Waals surface area contributed by atoms with Gasteiger partial charge in [-0.15, -0.1) is 0 Å². The van der Waals surface area contributed by atoms with Crippen LogP contribution in [0, 0.1) is 0 Å². The average Bonchev–Trinajstić information content (AvgIpc) is 1.99. The first-order valence-corrected chi connectivity index (χ1v) is 6.03. The molecule has 0 aliphatic carbocycles. The summed E-state index contributed by atoms with van der Waals surface area (Å²) in [5.74, 6) is -0.0705. The van der Waals surface area contributed by atoms with Gasteiger partial charge in [-0.25, -0.2) is 0 Å². The third-order valence-corrected chi connectivity index (χ3v) is 1.79. The first kappa shape index (κ1) is 10.6. The molecule has 66 valence electrons. The number of carbonyl (C=O) groups is 1. The van der Waals surface area contributed by atoms with Crippen molar-refractivity contribution in [2.24, 2.45) is 0 Å². The average molecular weight is 176 g/mol. The summed E-state index contributed by atoms with van der Waals surface area (Å²) in [5.41, 5.74) is 0. The largest absolute Gasteiger partial charge is 0.525 e. The second-order valence-corrected chi connectivity index (χ2v) is 2.97. The minimum Gasteiger partial charge on any atom is -0.525 e. The van der Waals surface area contributed by atoms with E-state index in [-0.39, 0.29) is 5.97 Å². The molecule has 0 rings (SSSR count). The van der Waals surface area contributed by atoms with Crippen LogP contribution in [0.1, 0.15) is 19.8 Å². The maximum atomic E-state index is 10.8. The minimum atomic E-state index is -0.563. The van der Waals surface area contributed by atoms with E-state index in [1.807, 2.05) is 13.5 Å². The fourth-order valence-electron chi connectivity index (χ4n) is 0.696. The van der Waals surface area contributed by atoms with E-state index in [4.69, 9.17) is 9.16 Å². The van der Waals surface area contributed by atoms with Gasteiger partial charge in [-0.3, -0.25) is 4.79 Å². The molecular weight excluding hydrogens is 160 g/mol. The second kappa shape index (κ2) is 7.75. The number of ether oxygens (including phenoxy) is 1. The molecule has 0 heterocycles. The lowest BCUT2D eigenvalue weighted by Crippen LogP contribution is -2.07. The van der Waals surface area contributed by atoms with E-state index in [2.05, 4.69) is 0 Å². The third kappa shape index (κ3) is 7.54. The van der Waals surface area contributed by atoms with E-state index in [0.717, 1.165) is 13.0 Å². The van der Waals surface area contributed by atoms with Crippen LogP contribution >= 0.6 is 0 Å². The molecule has 0 aromatic rings. The van der Waals surface area contributed by atoms with Crippen molar-refractivity contribution in [3.63, 3.8) is 0 Å². The Morgan fingerprint density at radius 3 is 2.82 bits per heavy atom. The first-order chi connectivity index (χ1) is 5.31. The SMILES string of the molecule is CCOCCCC(=O)O[SiH2]C. The molecule has 0 N–H and O–H groups in total. The zero-order valence-electron chi connectivity index (χ0n) is 7.26. The van der Waals surface area contributed by atoms with Gasteiger partial charge in [0.05, 0.1) is 0 Å². The van der Waals surface area contributed by atoms with E-state index in [0.29, 0.717) is 13.0 Å². The van der Waals surface area contributed by atoms with Crippen molar-refractivity contribution in [3.8, 4) is 0 Å². The van der Waals surface area contributed by atoms with Crippen molar-refractivity contribution >= 4 is 15.7 Å². The van der Waals surface area contributed by atoms with E-state index in [1.54, 1.807) is 0 Å². The van der Waals surface area contributed by atoms with Crippen molar-refractivity contribution in [2.45, 2.75) is 26.3 Å². The summed E-state index contributed by atoms with van der Waals surface area (Å²) in [4.78, 5) is 10.8. The van der Waals surface area contributed by atoms with E-state index >= 15 is 0 Å². The van der Waals surface area contributed by atoms with Gasteiger partial charge in [-0.1, -0.05) is 0 Å². The van der Waals surface area contributed by atoms with Gasteiger partial charge in [0.15, 0.2) is 0 Å². The predicted octanol–water partition coefficient (Wildman–Crippen LogP) is 0.478. The highest BCUT2D eigenvalue weighted by Crippen LogP contribution is 1.92. The van der Waals surface area contributed by atoms with Gasteiger partial charge in [-0.2, -0.15) is 0 Å². The zero-order valence-corrected chi connectivity index (χ0v) is 8.67. The predicted molar refractivity (Wildman–Crippen MR) is 46.2 cm³/mol. The van der Waals surface area contributed by atoms with Gasteiger partial charge in [0.1, 0.15) is 0 Å². The molecule has 3 nitrogen and oxygen atoms in total. The highest BCUT2D eigenvalue weighted by atomic mass is 28.2. The lowest BCUT2D eigenvalue weighted by atomic mass is 10.3. The van der Waals surface area contributed by atoms with Crippen LogP contribution in [0.5, 0.6) is 0 Å². The fourth-order valence-corrected chi connectivity index (χ4v) is 1.16. The Labute approximate surface area is 70.0 Å². The Bertz CT molecular complexity index is 106. The van der Waals surface area contributed by atoms with Gasteiger partial charge in [-0.05, 0) is 19.9 Å². The molecule has 11 heavy (non-hydrogen) atoms. The maximum Gasteiger partial charge on any atom is 0.292 e. The molecule has 0 atom stereocenters. The number of hydrogen-bond acceptors (Lipinski definition) is 3. The lowest BCUT2D eigenvalue weighted by molar-refractivity contribution is -0.134. The Morgan fingerprint density at radius 1 is 1.55 bits per heavy atom. The summed E-state index contributed by atoms with van der Waals surface area (Å²) < 4.78 is 9.93. The normalized spacial score (nSPS) is 10.7. The summed E-state index contributed by atoms with van der Waals surface area (Å²) in [6.07, 6.45) is 1.28. The summed E-state index contributed by atoms with van der Waals surface area (Å²) in [6, 6.07) is 0. The molecule has 4 heteroatoms. The molecular formula is C7H16O3Si. The smallest absolute Gasteiger partial charge is 0.292 e. The first-order valence-electron chi connectivity index (χ1n) is 4.04. The van der Waals surface area contributed by atoms with E-state index in [1.165, 1.54) is 0 Å². The summed E-state index contributed by atoms with van der Waals surface area (Å²) in [7, 11) is -0.563. The zero-order chi connectivity index (χ0) is 8.53. The summed E-state index contributed by atoms with van der Waals surface area (Å²) in [5, 5.41) is 0. The Morgan fingerprint density at radius 2 is 2.27 bits per heavy atom. The molecule has 0 aromatic heterocycles. The monoisotopic (exact) mass is 176 g/mol. The Balaban J connectivity index is 3.04. The lowest BCUT2D eigenvalue weighted by Gasteiger charge is -2.01. The third-order valence-electron chi connectivity index (χ3n) is 1.18. The maximum absolute atomic E-state index is 10.8. The van der Waals surface area contributed by atoms with Crippen LogP contribution in [-0.2, 0) is 14.0 Å². The van der Waals surface area contributed by atoms with Gasteiger partial charge >= 0.3 is 0 Å². The summed E-state index contributed by atoms with van der Waals surface area (Å²) in [6.45, 7) is 5.27. The fraction of sp³-hybridized carbons (Fsp3) is 0.857. The molecule has 0 unspecified atom stereocenters. The second-order valence-electron chi connectivity index (χ2n) is 2.11. The van der Waals surface area contributed by atoms with Crippen LogP contribution in [0.4, 0.5) is 0 Å². The molecule has 0 spiro atoms. The van der Waals surface area contributed by atoms with Crippen molar-refractivity contribution in [1.82, 2.24) is 0 Å². The number of hydrogen-bond donors (Lipinski definition) is 0. The van der Waals surface area contributed by atoms with Crippen molar-refractivity contribution < 1.29 is 14.0 Å². The molecule has 0 aliphatic heterocycles. The molecule has 0 saturated carbocycles. The molecule has 0 radical (unpaired) electrons. The Kier molecular flexibility index (Phi) is 7.50. The van der Waals surface area contributed by atoms with Crippen LogP contribution in [0.3, 0.4) is 0 Å². The quantitative estimate of drug-likeness (QED) is 0.436.